The second kappa shape index (κ2) is 5.03. The minimum absolute atomic E-state index is 0.0433. The van der Waals surface area contributed by atoms with Crippen LogP contribution in [0.4, 0.5) is 11.4 Å². The van der Waals surface area contributed by atoms with Crippen LogP contribution in [0.2, 0.25) is 0 Å². The predicted molar refractivity (Wildman–Crippen MR) is 75.2 cm³/mol. The number of nitrogen functional groups attached to an aromatic ring is 1. The molecule has 5 nitrogen and oxygen atoms in total. The summed E-state index contributed by atoms with van der Waals surface area (Å²) in [6, 6.07) is 5.86. The van der Waals surface area contributed by atoms with Crippen LogP contribution < -0.4 is 10.6 Å². The van der Waals surface area contributed by atoms with Crippen molar-refractivity contribution < 1.29 is 9.84 Å². The lowest BCUT2D eigenvalue weighted by molar-refractivity contribution is 0.00364. The minimum Gasteiger partial charge on any atom is -0.398 e. The third-order valence-electron chi connectivity index (χ3n) is 3.51. The summed E-state index contributed by atoms with van der Waals surface area (Å²) in [5.41, 5.74) is 7.85. The van der Waals surface area contributed by atoms with Gasteiger partial charge in [0.1, 0.15) is 0 Å². The molecule has 1 aliphatic heterocycles. The van der Waals surface area contributed by atoms with Gasteiger partial charge >= 0.3 is 0 Å². The van der Waals surface area contributed by atoms with E-state index in [9.17, 15) is 5.11 Å². The van der Waals surface area contributed by atoms with Crippen molar-refractivity contribution in [1.29, 1.82) is 0 Å². The van der Waals surface area contributed by atoms with E-state index in [1.165, 1.54) is 0 Å². The number of ether oxygens (including phenoxy) is 1. The fourth-order valence-electron chi connectivity index (χ4n) is 2.52. The molecule has 1 saturated heterocycles. The smallest absolute Gasteiger partial charge is 0.0980 e. The normalized spacial score (nSPS) is 19.8. The molecule has 0 amide bonds. The molecule has 1 aromatic carbocycles. The van der Waals surface area contributed by atoms with Gasteiger partial charge in [-0.15, -0.1) is 0 Å². The average molecular weight is 259 g/mol. The molecule has 0 radical (unpaired) electrons. The van der Waals surface area contributed by atoms with Crippen molar-refractivity contribution in [3.8, 4) is 0 Å². The van der Waals surface area contributed by atoms with Gasteiger partial charge in [0.15, 0.2) is 0 Å². The Bertz CT molecular complexity index is 588. The first-order valence-corrected chi connectivity index (χ1v) is 6.39. The number of morpholine rings is 1. The summed E-state index contributed by atoms with van der Waals surface area (Å²) in [6.45, 7) is 2.16. The number of benzene rings is 1. The zero-order valence-corrected chi connectivity index (χ0v) is 10.6. The van der Waals surface area contributed by atoms with Gasteiger partial charge in [-0.05, 0) is 18.2 Å². The minimum atomic E-state index is -0.127. The third kappa shape index (κ3) is 2.22. The Morgan fingerprint density at radius 2 is 2.26 bits per heavy atom. The second-order valence-corrected chi connectivity index (χ2v) is 4.72. The van der Waals surface area contributed by atoms with E-state index in [1.807, 2.05) is 24.4 Å². The molecule has 1 unspecified atom stereocenters. The maximum absolute atomic E-state index is 9.23. The van der Waals surface area contributed by atoms with Crippen LogP contribution in [0, 0.1) is 0 Å². The number of hydrogen-bond donors (Lipinski definition) is 2. The monoisotopic (exact) mass is 259 g/mol. The number of aliphatic hydroxyl groups is 1. The number of aromatic nitrogens is 1. The Labute approximate surface area is 111 Å². The van der Waals surface area contributed by atoms with Crippen molar-refractivity contribution in [2.24, 2.45) is 0 Å². The number of fused-ring (bicyclic) bond motifs is 1. The summed E-state index contributed by atoms with van der Waals surface area (Å²) >= 11 is 0. The van der Waals surface area contributed by atoms with E-state index < -0.39 is 0 Å². The zero-order valence-electron chi connectivity index (χ0n) is 10.6. The molecule has 3 rings (SSSR count). The van der Waals surface area contributed by atoms with E-state index in [1.54, 1.807) is 6.20 Å². The van der Waals surface area contributed by atoms with Gasteiger partial charge < -0.3 is 20.5 Å². The van der Waals surface area contributed by atoms with Crippen molar-refractivity contribution >= 4 is 22.1 Å². The predicted octanol–water partition coefficient (Wildman–Crippen LogP) is 1.01. The van der Waals surface area contributed by atoms with Crippen LogP contribution in [0.1, 0.15) is 0 Å². The van der Waals surface area contributed by atoms with E-state index >= 15 is 0 Å². The molecule has 0 bridgehead atoms. The molecule has 5 heteroatoms. The molecule has 1 aromatic heterocycles. The number of rotatable bonds is 2. The second-order valence-electron chi connectivity index (χ2n) is 4.72. The Morgan fingerprint density at radius 3 is 3.11 bits per heavy atom. The van der Waals surface area contributed by atoms with Crippen molar-refractivity contribution in [2.75, 3.05) is 36.9 Å². The van der Waals surface area contributed by atoms with Gasteiger partial charge in [-0.2, -0.15) is 0 Å². The van der Waals surface area contributed by atoms with Crippen molar-refractivity contribution in [3.63, 3.8) is 0 Å². The molecular formula is C14H17N3O2. The topological polar surface area (TPSA) is 71.6 Å². The highest BCUT2D eigenvalue weighted by molar-refractivity contribution is 6.00. The average Bonchev–Trinajstić information content (AvgIpc) is 2.48. The largest absolute Gasteiger partial charge is 0.398 e. The lowest BCUT2D eigenvalue weighted by Crippen LogP contribution is -2.44. The Hall–Kier alpha value is -1.85. The molecule has 0 aliphatic carbocycles. The first-order valence-electron chi connectivity index (χ1n) is 6.39. The highest BCUT2D eigenvalue weighted by Crippen LogP contribution is 2.31. The molecule has 0 spiro atoms. The number of anilines is 2. The van der Waals surface area contributed by atoms with Gasteiger partial charge in [0.05, 0.1) is 19.3 Å². The number of nitrogens with two attached hydrogens (primary N) is 1. The van der Waals surface area contributed by atoms with Gasteiger partial charge in [0, 0.05) is 47.6 Å². The van der Waals surface area contributed by atoms with Crippen LogP contribution in [0.15, 0.2) is 30.6 Å². The molecule has 2 aromatic rings. The highest BCUT2D eigenvalue weighted by atomic mass is 16.5. The molecule has 1 fully saturated rings. The maximum Gasteiger partial charge on any atom is 0.0980 e. The van der Waals surface area contributed by atoms with Crippen LogP contribution in [-0.4, -0.2) is 42.5 Å². The summed E-state index contributed by atoms with van der Waals surface area (Å²) in [7, 11) is 0. The highest BCUT2D eigenvalue weighted by Gasteiger charge is 2.21. The Morgan fingerprint density at radius 1 is 1.37 bits per heavy atom. The molecule has 2 heterocycles. The molecule has 1 aliphatic rings. The van der Waals surface area contributed by atoms with Crippen LogP contribution in [-0.2, 0) is 4.74 Å². The van der Waals surface area contributed by atoms with Gasteiger partial charge in [-0.1, -0.05) is 0 Å². The van der Waals surface area contributed by atoms with E-state index in [0.717, 1.165) is 28.7 Å². The van der Waals surface area contributed by atoms with Gasteiger partial charge in [-0.25, -0.2) is 0 Å². The fourth-order valence-corrected chi connectivity index (χ4v) is 2.52. The van der Waals surface area contributed by atoms with Crippen LogP contribution >= 0.6 is 0 Å². The van der Waals surface area contributed by atoms with Crippen LogP contribution in [0.5, 0.6) is 0 Å². The summed E-state index contributed by atoms with van der Waals surface area (Å²) in [5, 5.41) is 11.3. The van der Waals surface area contributed by atoms with Gasteiger partial charge in [0.25, 0.3) is 0 Å². The van der Waals surface area contributed by atoms with Gasteiger partial charge in [0.2, 0.25) is 0 Å². The van der Waals surface area contributed by atoms with Crippen LogP contribution in [0.3, 0.4) is 0 Å². The lowest BCUT2D eigenvalue weighted by Gasteiger charge is -2.34. The van der Waals surface area contributed by atoms with Crippen molar-refractivity contribution in [2.45, 2.75) is 6.10 Å². The summed E-state index contributed by atoms with van der Waals surface area (Å²) in [6.07, 6.45) is 3.46. The summed E-state index contributed by atoms with van der Waals surface area (Å²) in [4.78, 5) is 6.40. The molecular weight excluding hydrogens is 242 g/mol. The van der Waals surface area contributed by atoms with Crippen molar-refractivity contribution in [3.05, 3.63) is 30.6 Å². The van der Waals surface area contributed by atoms with Crippen LogP contribution in [0.25, 0.3) is 10.8 Å². The maximum atomic E-state index is 9.23. The Kier molecular flexibility index (Phi) is 3.23. The first-order chi connectivity index (χ1) is 9.29. The van der Waals surface area contributed by atoms with E-state index in [-0.39, 0.29) is 12.7 Å². The van der Waals surface area contributed by atoms with Gasteiger partial charge in [-0.3, -0.25) is 4.98 Å². The van der Waals surface area contributed by atoms with E-state index in [4.69, 9.17) is 10.5 Å². The summed E-state index contributed by atoms with van der Waals surface area (Å²) < 4.78 is 5.48. The molecule has 3 N–H and O–H groups in total. The number of pyridine rings is 1. The zero-order chi connectivity index (χ0) is 13.2. The quantitative estimate of drug-likeness (QED) is 0.788. The fraction of sp³-hybridized carbons (Fsp3) is 0.357. The standard InChI is InChI=1S/C14H17N3O2/c15-13-1-2-14(12-7-16-4-3-11(12)13)17-5-6-19-10(8-17)9-18/h1-4,7,10,18H,5-6,8-9,15H2. The van der Waals surface area contributed by atoms with E-state index in [2.05, 4.69) is 9.88 Å². The number of nitrogens with zero attached hydrogens (tertiary/aromatic N) is 2. The number of aliphatic hydroxyl groups excluding tert-OH is 1. The molecule has 100 valence electrons. The lowest BCUT2D eigenvalue weighted by atomic mass is 10.1. The Balaban J connectivity index is 2.03. The molecule has 1 atom stereocenters. The third-order valence-corrected chi connectivity index (χ3v) is 3.51. The number of hydrogen-bond acceptors (Lipinski definition) is 5. The molecule has 0 saturated carbocycles. The van der Waals surface area contributed by atoms with E-state index in [0.29, 0.717) is 13.2 Å². The molecule has 19 heavy (non-hydrogen) atoms. The SMILES string of the molecule is Nc1ccc(N2CCOC(CO)C2)c2cnccc12. The van der Waals surface area contributed by atoms with Crippen molar-refractivity contribution in [1.82, 2.24) is 4.98 Å². The first kappa shape index (κ1) is 12.2. The summed E-state index contributed by atoms with van der Waals surface area (Å²) in [5.74, 6) is 0.